The molecular weight excluding hydrogens is 242 g/mol. The largest absolute Gasteiger partial charge is 0.379 e. The molecule has 0 radical (unpaired) electrons. The standard InChI is InChI=1S/C14H21N3O2/c1-10-4-5-11(8-12(10)17(2)3)16-13(18)14(15)6-7-19-9-14/h4-5,8H,6-7,9,15H2,1-3H3,(H,16,18). The van der Waals surface area contributed by atoms with Gasteiger partial charge in [0.2, 0.25) is 5.91 Å². The van der Waals surface area contributed by atoms with E-state index in [1.807, 2.05) is 44.1 Å². The molecule has 1 amide bonds. The van der Waals surface area contributed by atoms with Crippen LogP contribution in [0.2, 0.25) is 0 Å². The molecule has 0 saturated carbocycles. The number of amides is 1. The lowest BCUT2D eigenvalue weighted by Gasteiger charge is -2.22. The number of carbonyl (C=O) groups is 1. The summed E-state index contributed by atoms with van der Waals surface area (Å²) in [6.45, 7) is 2.86. The van der Waals surface area contributed by atoms with Crippen molar-refractivity contribution in [1.82, 2.24) is 0 Å². The van der Waals surface area contributed by atoms with Crippen molar-refractivity contribution in [2.45, 2.75) is 18.9 Å². The minimum atomic E-state index is -0.900. The minimum absolute atomic E-state index is 0.182. The monoisotopic (exact) mass is 263 g/mol. The highest BCUT2D eigenvalue weighted by atomic mass is 16.5. The molecular formula is C14H21N3O2. The van der Waals surface area contributed by atoms with Gasteiger partial charge in [-0.1, -0.05) is 6.07 Å². The Morgan fingerprint density at radius 3 is 2.79 bits per heavy atom. The molecule has 0 spiro atoms. The topological polar surface area (TPSA) is 67.6 Å². The van der Waals surface area contributed by atoms with Gasteiger partial charge in [-0.25, -0.2) is 0 Å². The summed E-state index contributed by atoms with van der Waals surface area (Å²) in [6.07, 6.45) is 0.561. The maximum Gasteiger partial charge on any atom is 0.246 e. The van der Waals surface area contributed by atoms with Crippen LogP contribution in [0.15, 0.2) is 18.2 Å². The lowest BCUT2D eigenvalue weighted by Crippen LogP contribution is -2.51. The summed E-state index contributed by atoms with van der Waals surface area (Å²) in [4.78, 5) is 14.2. The molecule has 19 heavy (non-hydrogen) atoms. The molecule has 5 nitrogen and oxygen atoms in total. The number of hydrogen-bond donors (Lipinski definition) is 2. The van der Waals surface area contributed by atoms with E-state index in [0.29, 0.717) is 13.0 Å². The normalized spacial score (nSPS) is 22.3. The maximum atomic E-state index is 12.2. The lowest BCUT2D eigenvalue weighted by molar-refractivity contribution is -0.121. The number of rotatable bonds is 3. The van der Waals surface area contributed by atoms with E-state index in [1.165, 1.54) is 0 Å². The van der Waals surface area contributed by atoms with E-state index in [0.717, 1.165) is 16.9 Å². The summed E-state index contributed by atoms with van der Waals surface area (Å²) in [5, 5.41) is 2.88. The van der Waals surface area contributed by atoms with Gasteiger partial charge in [0.25, 0.3) is 0 Å². The third-order valence-corrected chi connectivity index (χ3v) is 3.45. The Morgan fingerprint density at radius 2 is 2.21 bits per heavy atom. The van der Waals surface area contributed by atoms with Crippen LogP contribution in [0.5, 0.6) is 0 Å². The Balaban J connectivity index is 2.15. The number of hydrogen-bond acceptors (Lipinski definition) is 4. The van der Waals surface area contributed by atoms with Crippen LogP contribution in [0.1, 0.15) is 12.0 Å². The predicted molar refractivity (Wildman–Crippen MR) is 76.5 cm³/mol. The second-order valence-electron chi connectivity index (χ2n) is 5.31. The van der Waals surface area contributed by atoms with Gasteiger partial charge in [0, 0.05) is 32.1 Å². The third-order valence-electron chi connectivity index (χ3n) is 3.45. The average molecular weight is 263 g/mol. The number of nitrogens with one attached hydrogen (secondary N) is 1. The van der Waals surface area contributed by atoms with E-state index in [2.05, 4.69) is 5.32 Å². The summed E-state index contributed by atoms with van der Waals surface area (Å²) < 4.78 is 5.21. The van der Waals surface area contributed by atoms with Crippen LogP contribution < -0.4 is 16.0 Å². The summed E-state index contributed by atoms with van der Waals surface area (Å²) in [5.41, 5.74) is 8.13. The van der Waals surface area contributed by atoms with Crippen LogP contribution in [-0.2, 0) is 9.53 Å². The van der Waals surface area contributed by atoms with Crippen molar-refractivity contribution in [3.8, 4) is 0 Å². The molecule has 0 aliphatic carbocycles. The van der Waals surface area contributed by atoms with Crippen LogP contribution in [0.3, 0.4) is 0 Å². The molecule has 1 aliphatic heterocycles. The van der Waals surface area contributed by atoms with Crippen molar-refractivity contribution >= 4 is 17.3 Å². The first-order valence-electron chi connectivity index (χ1n) is 6.38. The van der Waals surface area contributed by atoms with Gasteiger partial charge in [0.15, 0.2) is 0 Å². The number of ether oxygens (including phenoxy) is 1. The third kappa shape index (κ3) is 2.88. The van der Waals surface area contributed by atoms with Gasteiger partial charge in [-0.2, -0.15) is 0 Å². The van der Waals surface area contributed by atoms with Crippen molar-refractivity contribution in [3.05, 3.63) is 23.8 Å². The molecule has 3 N–H and O–H groups in total. The number of nitrogens with zero attached hydrogens (tertiary/aromatic N) is 1. The number of aryl methyl sites for hydroxylation is 1. The van der Waals surface area contributed by atoms with Crippen LogP contribution >= 0.6 is 0 Å². The number of anilines is 2. The van der Waals surface area contributed by atoms with Crippen LogP contribution in [0.4, 0.5) is 11.4 Å². The Morgan fingerprint density at radius 1 is 1.47 bits per heavy atom. The van der Waals surface area contributed by atoms with Crippen LogP contribution in [0, 0.1) is 6.92 Å². The van der Waals surface area contributed by atoms with E-state index in [1.54, 1.807) is 0 Å². The fraction of sp³-hybridized carbons (Fsp3) is 0.500. The quantitative estimate of drug-likeness (QED) is 0.857. The van der Waals surface area contributed by atoms with Crippen molar-refractivity contribution in [2.75, 3.05) is 37.5 Å². The predicted octanol–water partition coefficient (Wildman–Crippen LogP) is 1.12. The average Bonchev–Trinajstić information content (AvgIpc) is 2.79. The maximum absolute atomic E-state index is 12.2. The van der Waals surface area contributed by atoms with Crippen molar-refractivity contribution in [2.24, 2.45) is 5.73 Å². The van der Waals surface area contributed by atoms with Gasteiger partial charge in [-0.3, -0.25) is 4.79 Å². The van der Waals surface area contributed by atoms with Gasteiger partial charge in [-0.05, 0) is 31.0 Å². The zero-order chi connectivity index (χ0) is 14.0. The van der Waals surface area contributed by atoms with Crippen molar-refractivity contribution < 1.29 is 9.53 Å². The van der Waals surface area contributed by atoms with E-state index in [-0.39, 0.29) is 12.5 Å². The molecule has 104 valence electrons. The van der Waals surface area contributed by atoms with Gasteiger partial charge < -0.3 is 20.7 Å². The second-order valence-corrected chi connectivity index (χ2v) is 5.31. The molecule has 1 aromatic rings. The highest BCUT2D eigenvalue weighted by Gasteiger charge is 2.38. The fourth-order valence-electron chi connectivity index (χ4n) is 2.18. The second kappa shape index (κ2) is 5.19. The van der Waals surface area contributed by atoms with E-state index in [4.69, 9.17) is 10.5 Å². The number of nitrogens with two attached hydrogens (primary N) is 1. The lowest BCUT2D eigenvalue weighted by atomic mass is 9.99. The molecule has 1 aliphatic rings. The summed E-state index contributed by atoms with van der Waals surface area (Å²) in [5.74, 6) is -0.182. The van der Waals surface area contributed by atoms with E-state index in [9.17, 15) is 4.79 Å². The molecule has 1 saturated heterocycles. The molecule has 1 heterocycles. The molecule has 1 fully saturated rings. The first-order valence-corrected chi connectivity index (χ1v) is 6.38. The highest BCUT2D eigenvalue weighted by molar-refractivity contribution is 5.98. The Hall–Kier alpha value is -1.59. The molecule has 5 heteroatoms. The van der Waals surface area contributed by atoms with Gasteiger partial charge in [0.1, 0.15) is 5.54 Å². The van der Waals surface area contributed by atoms with Crippen molar-refractivity contribution in [1.29, 1.82) is 0 Å². The Labute approximate surface area is 113 Å². The van der Waals surface area contributed by atoms with Crippen molar-refractivity contribution in [3.63, 3.8) is 0 Å². The first-order chi connectivity index (χ1) is 8.92. The first kappa shape index (κ1) is 13.8. The SMILES string of the molecule is Cc1ccc(NC(=O)C2(N)CCOC2)cc1N(C)C. The van der Waals surface area contributed by atoms with Crippen LogP contribution in [0.25, 0.3) is 0 Å². The number of benzene rings is 1. The highest BCUT2D eigenvalue weighted by Crippen LogP contribution is 2.24. The summed E-state index contributed by atoms with van der Waals surface area (Å²) >= 11 is 0. The van der Waals surface area contributed by atoms with Gasteiger partial charge in [0.05, 0.1) is 6.61 Å². The van der Waals surface area contributed by atoms with Gasteiger partial charge in [-0.15, -0.1) is 0 Å². The van der Waals surface area contributed by atoms with E-state index >= 15 is 0 Å². The Kier molecular flexibility index (Phi) is 3.78. The molecule has 1 atom stereocenters. The fourth-order valence-corrected chi connectivity index (χ4v) is 2.18. The number of carbonyl (C=O) groups excluding carboxylic acids is 1. The van der Waals surface area contributed by atoms with E-state index < -0.39 is 5.54 Å². The Bertz CT molecular complexity index is 480. The smallest absolute Gasteiger partial charge is 0.246 e. The van der Waals surface area contributed by atoms with Crippen LogP contribution in [-0.4, -0.2) is 38.8 Å². The molecule has 2 rings (SSSR count). The zero-order valence-electron chi connectivity index (χ0n) is 11.7. The molecule has 1 unspecified atom stereocenters. The molecule has 0 bridgehead atoms. The van der Waals surface area contributed by atoms with Gasteiger partial charge >= 0.3 is 0 Å². The zero-order valence-corrected chi connectivity index (χ0v) is 11.7. The summed E-state index contributed by atoms with van der Waals surface area (Å²) in [7, 11) is 3.95. The minimum Gasteiger partial charge on any atom is -0.379 e. The molecule has 1 aromatic carbocycles. The summed E-state index contributed by atoms with van der Waals surface area (Å²) in [6, 6.07) is 5.82. The molecule has 0 aromatic heterocycles.